The lowest BCUT2D eigenvalue weighted by atomic mass is 10.5. The predicted octanol–water partition coefficient (Wildman–Crippen LogP) is -0.393. The summed E-state index contributed by atoms with van der Waals surface area (Å²) >= 11 is 0.920. The van der Waals surface area contributed by atoms with Crippen LogP contribution in [-0.2, 0) is 33.6 Å². The minimum absolute atomic E-state index is 0.00719. The Morgan fingerprint density at radius 3 is 2.50 bits per heavy atom. The number of hydrogen-bond donors (Lipinski definition) is 2. The van der Waals surface area contributed by atoms with E-state index >= 15 is 0 Å². The summed E-state index contributed by atoms with van der Waals surface area (Å²) < 4.78 is 49.8. The maximum absolute atomic E-state index is 12.0. The van der Waals surface area contributed by atoms with Crippen LogP contribution >= 0.6 is 11.3 Å². The summed E-state index contributed by atoms with van der Waals surface area (Å²) in [4.78, 5) is 0.541. The number of nitrogens with zero attached hydrogens (tertiary/aromatic N) is 2. The van der Waals surface area contributed by atoms with E-state index in [1.54, 1.807) is 0 Å². The fraction of sp³-hybridized carbons (Fsp3) is 0.222. The van der Waals surface area contributed by atoms with Gasteiger partial charge in [-0.25, -0.2) is 26.7 Å². The van der Waals surface area contributed by atoms with Crippen LogP contribution in [0, 0.1) is 0 Å². The molecule has 0 bridgehead atoms. The molecule has 0 atom stereocenters. The lowest BCUT2D eigenvalue weighted by Crippen LogP contribution is -2.25. The van der Waals surface area contributed by atoms with Crippen LogP contribution in [0.5, 0.6) is 0 Å². The van der Waals surface area contributed by atoms with Crippen molar-refractivity contribution in [3.8, 4) is 0 Å². The van der Waals surface area contributed by atoms with Crippen molar-refractivity contribution in [1.29, 1.82) is 0 Å². The molecule has 0 aliphatic carbocycles. The Labute approximate surface area is 120 Å². The van der Waals surface area contributed by atoms with E-state index in [0.29, 0.717) is 4.88 Å². The molecule has 0 saturated carbocycles. The highest BCUT2D eigenvalue weighted by molar-refractivity contribution is 7.91. The van der Waals surface area contributed by atoms with Gasteiger partial charge in [0.1, 0.15) is 4.21 Å². The number of aryl methyl sites for hydroxylation is 1. The number of nitrogens with one attached hydrogen (secondary N) is 1. The van der Waals surface area contributed by atoms with E-state index in [2.05, 4.69) is 9.82 Å². The lowest BCUT2D eigenvalue weighted by Gasteiger charge is -2.05. The second kappa shape index (κ2) is 5.26. The van der Waals surface area contributed by atoms with Crippen molar-refractivity contribution in [2.24, 2.45) is 12.2 Å². The van der Waals surface area contributed by atoms with E-state index in [1.165, 1.54) is 36.1 Å². The molecule has 11 heteroatoms. The fourth-order valence-electron chi connectivity index (χ4n) is 1.47. The minimum Gasteiger partial charge on any atom is -0.256 e. The third kappa shape index (κ3) is 3.24. The Hall–Kier alpha value is -1.27. The monoisotopic (exact) mass is 336 g/mol. The molecule has 0 amide bonds. The maximum Gasteiger partial charge on any atom is 0.258 e. The number of primary sulfonamides is 1. The van der Waals surface area contributed by atoms with Gasteiger partial charge in [-0.1, -0.05) is 0 Å². The lowest BCUT2D eigenvalue weighted by molar-refractivity contribution is 0.563. The van der Waals surface area contributed by atoms with E-state index in [-0.39, 0.29) is 15.8 Å². The zero-order valence-corrected chi connectivity index (χ0v) is 12.8. The highest BCUT2D eigenvalue weighted by Crippen LogP contribution is 2.20. The molecule has 2 heterocycles. The molecule has 8 nitrogen and oxygen atoms in total. The van der Waals surface area contributed by atoms with Gasteiger partial charge < -0.3 is 0 Å². The number of aromatic nitrogens is 2. The summed E-state index contributed by atoms with van der Waals surface area (Å²) in [5.41, 5.74) is 0. The SMILES string of the molecule is Cn1nccc1S(=O)(=O)NCc1ccc(S(N)(=O)=O)s1. The standard InChI is InChI=1S/C9H12N4O4S3/c1-13-8(4-5-11-13)20(16,17)12-6-7-2-3-9(18-7)19(10,14)15/h2-5,12H,6H2,1H3,(H2,10,14,15). The summed E-state index contributed by atoms with van der Waals surface area (Å²) in [6.07, 6.45) is 1.37. The molecule has 0 aliphatic heterocycles. The van der Waals surface area contributed by atoms with E-state index in [1.807, 2.05) is 0 Å². The van der Waals surface area contributed by atoms with Gasteiger partial charge in [0.25, 0.3) is 10.0 Å². The first-order valence-electron chi connectivity index (χ1n) is 5.29. The van der Waals surface area contributed by atoms with Gasteiger partial charge in [-0.15, -0.1) is 11.3 Å². The van der Waals surface area contributed by atoms with Crippen molar-refractivity contribution in [2.45, 2.75) is 15.8 Å². The van der Waals surface area contributed by atoms with Gasteiger partial charge in [0, 0.05) is 18.5 Å². The van der Waals surface area contributed by atoms with Gasteiger partial charge in [0.05, 0.1) is 6.20 Å². The average molecular weight is 336 g/mol. The van der Waals surface area contributed by atoms with Gasteiger partial charge >= 0.3 is 0 Å². The molecular formula is C9H12N4O4S3. The molecule has 0 unspecified atom stereocenters. The quantitative estimate of drug-likeness (QED) is 0.769. The van der Waals surface area contributed by atoms with Gasteiger partial charge in [-0.05, 0) is 18.2 Å². The summed E-state index contributed by atoms with van der Waals surface area (Å²) in [5, 5.41) is 8.79. The molecule has 0 saturated heterocycles. The molecule has 0 spiro atoms. The highest BCUT2D eigenvalue weighted by Gasteiger charge is 2.18. The Balaban J connectivity index is 2.13. The third-order valence-electron chi connectivity index (χ3n) is 2.41. The number of rotatable bonds is 5. The number of thiophene rings is 1. The Bertz CT molecular complexity index is 819. The van der Waals surface area contributed by atoms with Crippen LogP contribution in [0.4, 0.5) is 0 Å². The molecule has 3 N–H and O–H groups in total. The maximum atomic E-state index is 12.0. The summed E-state index contributed by atoms with van der Waals surface area (Å²) in [7, 11) is -5.94. The molecule has 2 rings (SSSR count). The third-order valence-corrected chi connectivity index (χ3v) is 6.40. The predicted molar refractivity (Wildman–Crippen MR) is 72.9 cm³/mol. The number of sulfonamides is 2. The average Bonchev–Trinajstić information content (AvgIpc) is 2.94. The molecule has 0 radical (unpaired) electrons. The van der Waals surface area contributed by atoms with Crippen molar-refractivity contribution in [2.75, 3.05) is 0 Å². The van der Waals surface area contributed by atoms with Crippen molar-refractivity contribution in [3.05, 3.63) is 29.3 Å². The topological polar surface area (TPSA) is 124 Å². The van der Waals surface area contributed by atoms with Crippen molar-refractivity contribution < 1.29 is 16.8 Å². The van der Waals surface area contributed by atoms with Crippen LogP contribution < -0.4 is 9.86 Å². The molecular weight excluding hydrogens is 324 g/mol. The fourth-order valence-corrected chi connectivity index (χ4v) is 4.41. The summed E-state index contributed by atoms with van der Waals surface area (Å²) in [6.45, 7) is -0.0201. The van der Waals surface area contributed by atoms with Crippen molar-refractivity contribution in [1.82, 2.24) is 14.5 Å². The van der Waals surface area contributed by atoms with Crippen LogP contribution in [-0.4, -0.2) is 26.6 Å². The molecule has 110 valence electrons. The van der Waals surface area contributed by atoms with Gasteiger partial charge in [0.2, 0.25) is 10.0 Å². The summed E-state index contributed by atoms with van der Waals surface area (Å²) in [5.74, 6) is 0. The first kappa shape index (κ1) is 15.1. The molecule has 0 aromatic carbocycles. The highest BCUT2D eigenvalue weighted by atomic mass is 32.2. The van der Waals surface area contributed by atoms with Crippen LogP contribution in [0.2, 0.25) is 0 Å². The van der Waals surface area contributed by atoms with E-state index in [0.717, 1.165) is 11.3 Å². The zero-order chi connectivity index (χ0) is 15.0. The Morgan fingerprint density at radius 2 is 2.00 bits per heavy atom. The van der Waals surface area contributed by atoms with E-state index in [9.17, 15) is 16.8 Å². The molecule has 0 fully saturated rings. The van der Waals surface area contributed by atoms with Crippen LogP contribution in [0.3, 0.4) is 0 Å². The number of nitrogens with two attached hydrogens (primary N) is 1. The van der Waals surface area contributed by atoms with Gasteiger partial charge in [-0.2, -0.15) is 5.10 Å². The normalized spacial score (nSPS) is 12.7. The first-order valence-corrected chi connectivity index (χ1v) is 9.14. The van der Waals surface area contributed by atoms with Crippen molar-refractivity contribution >= 4 is 31.4 Å². The van der Waals surface area contributed by atoms with Gasteiger partial charge in [0.15, 0.2) is 5.03 Å². The van der Waals surface area contributed by atoms with Crippen LogP contribution in [0.1, 0.15) is 4.88 Å². The van der Waals surface area contributed by atoms with Gasteiger partial charge in [-0.3, -0.25) is 4.68 Å². The number of hydrogen-bond acceptors (Lipinski definition) is 6. The molecule has 20 heavy (non-hydrogen) atoms. The van der Waals surface area contributed by atoms with E-state index in [4.69, 9.17) is 5.14 Å². The second-order valence-corrected chi connectivity index (χ2v) is 8.55. The zero-order valence-electron chi connectivity index (χ0n) is 10.3. The van der Waals surface area contributed by atoms with Crippen LogP contribution in [0.15, 0.2) is 33.6 Å². The second-order valence-electron chi connectivity index (χ2n) is 3.88. The largest absolute Gasteiger partial charge is 0.258 e. The Morgan fingerprint density at radius 1 is 1.30 bits per heavy atom. The molecule has 2 aromatic heterocycles. The minimum atomic E-state index is -3.76. The summed E-state index contributed by atoms with van der Waals surface area (Å²) in [6, 6.07) is 4.22. The van der Waals surface area contributed by atoms with Crippen molar-refractivity contribution in [3.63, 3.8) is 0 Å². The Kier molecular flexibility index (Phi) is 3.97. The van der Waals surface area contributed by atoms with Crippen LogP contribution in [0.25, 0.3) is 0 Å². The molecule has 0 aliphatic rings. The van der Waals surface area contributed by atoms with E-state index < -0.39 is 20.0 Å². The smallest absolute Gasteiger partial charge is 0.256 e. The first-order chi connectivity index (χ1) is 9.20. The molecule has 2 aromatic rings.